The molecule has 94 valence electrons. The molecule has 0 aliphatic heterocycles. The Hall–Kier alpha value is -0.0400. The van der Waals surface area contributed by atoms with Crippen molar-refractivity contribution in [3.05, 3.63) is 42.2 Å². The fourth-order valence-electron chi connectivity index (χ4n) is 1.53. The van der Waals surface area contributed by atoms with Crippen LogP contribution in [0.5, 0.6) is 11.5 Å². The Kier molecular flexibility index (Phi) is 4.41. The van der Waals surface area contributed by atoms with Gasteiger partial charge in [-0.3, -0.25) is 0 Å². The van der Waals surface area contributed by atoms with Gasteiger partial charge in [0.1, 0.15) is 16.0 Å². The zero-order valence-corrected chi connectivity index (χ0v) is 15.1. The molecule has 0 unspecified atom stereocenters. The van der Waals surface area contributed by atoms with Gasteiger partial charge in [0.25, 0.3) is 0 Å². The second-order valence-corrected chi connectivity index (χ2v) is 7.05. The minimum Gasteiger partial charge on any atom is -0.506 e. The molecule has 0 bridgehead atoms. The Morgan fingerprint density at radius 3 is 1.83 bits per heavy atom. The van der Waals surface area contributed by atoms with Crippen LogP contribution < -0.4 is 0 Å². The molecule has 6 heteroatoms. The van der Waals surface area contributed by atoms with Crippen LogP contribution in [-0.2, 0) is 0 Å². The molecule has 0 aromatic heterocycles. The number of rotatable bonds is 1. The largest absolute Gasteiger partial charge is 0.506 e. The van der Waals surface area contributed by atoms with E-state index in [1.165, 1.54) is 0 Å². The van der Waals surface area contributed by atoms with E-state index in [1.807, 2.05) is 18.2 Å². The summed E-state index contributed by atoms with van der Waals surface area (Å²) in [4.78, 5) is 0. The first-order chi connectivity index (χ1) is 8.40. The number of benzene rings is 2. The van der Waals surface area contributed by atoms with Crippen LogP contribution in [-0.4, -0.2) is 10.2 Å². The summed E-state index contributed by atoms with van der Waals surface area (Å²) in [6.07, 6.45) is 0. The number of phenols is 2. The summed E-state index contributed by atoms with van der Waals surface area (Å²) in [5.74, 6) is -0.0222. The van der Waals surface area contributed by atoms with E-state index in [1.54, 1.807) is 6.07 Å². The Morgan fingerprint density at radius 1 is 0.722 bits per heavy atom. The number of halogens is 4. The number of phenolic OH excluding ortho intramolecular Hbond substituents is 2. The van der Waals surface area contributed by atoms with Crippen molar-refractivity contribution in [3.63, 3.8) is 0 Å². The highest BCUT2D eigenvalue weighted by molar-refractivity contribution is 9.11. The Bertz CT molecular complexity index is 606. The van der Waals surface area contributed by atoms with Crippen molar-refractivity contribution in [2.45, 2.75) is 0 Å². The maximum atomic E-state index is 10.1. The monoisotopic (exact) mass is 498 g/mol. The molecular formula is C12H6Br4O2. The summed E-state index contributed by atoms with van der Waals surface area (Å²) in [6, 6.07) is 7.35. The van der Waals surface area contributed by atoms with Gasteiger partial charge in [-0.15, -0.1) is 0 Å². The molecule has 0 atom stereocenters. The van der Waals surface area contributed by atoms with E-state index in [0.717, 1.165) is 14.5 Å². The highest BCUT2D eigenvalue weighted by Gasteiger charge is 2.15. The highest BCUT2D eigenvalue weighted by atomic mass is 79.9. The van der Waals surface area contributed by atoms with Crippen LogP contribution in [0.1, 0.15) is 0 Å². The van der Waals surface area contributed by atoms with Gasteiger partial charge in [-0.05, 0) is 61.7 Å². The van der Waals surface area contributed by atoms with Crippen LogP contribution in [0.2, 0.25) is 0 Å². The van der Waals surface area contributed by atoms with Gasteiger partial charge in [0, 0.05) is 14.5 Å². The summed E-state index contributed by atoms with van der Waals surface area (Å²) < 4.78 is 2.57. The predicted molar refractivity (Wildman–Crippen MR) is 86.0 cm³/mol. The van der Waals surface area contributed by atoms with Gasteiger partial charge in [-0.25, -0.2) is 0 Å². The zero-order chi connectivity index (χ0) is 13.4. The molecule has 0 radical (unpaired) electrons. The molecule has 0 aliphatic carbocycles. The minimum atomic E-state index is -0.0229. The van der Waals surface area contributed by atoms with Crippen molar-refractivity contribution in [3.8, 4) is 22.6 Å². The molecule has 2 aromatic rings. The second-order valence-electron chi connectivity index (χ2n) is 3.58. The quantitative estimate of drug-likeness (QED) is 0.517. The van der Waals surface area contributed by atoms with Crippen molar-refractivity contribution in [1.82, 2.24) is 0 Å². The smallest absolute Gasteiger partial charge is 0.147 e. The Labute approximate surface area is 138 Å². The van der Waals surface area contributed by atoms with Crippen molar-refractivity contribution in [2.75, 3.05) is 0 Å². The topological polar surface area (TPSA) is 40.5 Å². The molecule has 2 aromatic carbocycles. The van der Waals surface area contributed by atoms with Crippen molar-refractivity contribution < 1.29 is 10.2 Å². The van der Waals surface area contributed by atoms with Crippen molar-refractivity contribution >= 4 is 63.7 Å². The summed E-state index contributed by atoms with van der Waals surface area (Å²) >= 11 is 13.2. The van der Waals surface area contributed by atoms with Crippen LogP contribution in [0.15, 0.2) is 42.2 Å². The third kappa shape index (κ3) is 2.76. The van der Waals surface area contributed by atoms with Gasteiger partial charge < -0.3 is 10.2 Å². The van der Waals surface area contributed by atoms with Crippen LogP contribution in [0.4, 0.5) is 0 Å². The van der Waals surface area contributed by atoms with Crippen LogP contribution in [0.3, 0.4) is 0 Å². The first-order valence-corrected chi connectivity index (χ1v) is 7.93. The van der Waals surface area contributed by atoms with Crippen LogP contribution >= 0.6 is 63.7 Å². The van der Waals surface area contributed by atoms with Crippen molar-refractivity contribution in [1.29, 1.82) is 0 Å². The predicted octanol–water partition coefficient (Wildman–Crippen LogP) is 5.81. The van der Waals surface area contributed by atoms with Crippen molar-refractivity contribution in [2.24, 2.45) is 0 Å². The second kappa shape index (κ2) is 5.53. The standard InChI is InChI=1S/C12H6Br4O2/c13-6-1-5(2-7(14)3-6)8-4-9(15)12(18)10(16)11(8)17/h1-4,17-18H. The third-order valence-electron chi connectivity index (χ3n) is 2.34. The summed E-state index contributed by atoms with van der Waals surface area (Å²) in [5, 5.41) is 19.8. The zero-order valence-electron chi connectivity index (χ0n) is 8.72. The number of aromatic hydroxyl groups is 2. The summed E-state index contributed by atoms with van der Waals surface area (Å²) in [6.45, 7) is 0. The van der Waals surface area contributed by atoms with Gasteiger partial charge in [-0.2, -0.15) is 0 Å². The lowest BCUT2D eigenvalue weighted by atomic mass is 10.0. The van der Waals surface area contributed by atoms with E-state index in [2.05, 4.69) is 63.7 Å². The van der Waals surface area contributed by atoms with E-state index >= 15 is 0 Å². The van der Waals surface area contributed by atoms with E-state index < -0.39 is 0 Å². The third-order valence-corrected chi connectivity index (χ3v) is 4.61. The van der Waals surface area contributed by atoms with E-state index in [9.17, 15) is 10.2 Å². The normalized spacial score (nSPS) is 10.7. The van der Waals surface area contributed by atoms with E-state index in [-0.39, 0.29) is 16.0 Å². The minimum absolute atomic E-state index is 0.000648. The Balaban J connectivity index is 2.71. The van der Waals surface area contributed by atoms with Gasteiger partial charge in [0.15, 0.2) is 0 Å². The first kappa shape index (κ1) is 14.4. The average molecular weight is 502 g/mol. The summed E-state index contributed by atoms with van der Waals surface area (Å²) in [7, 11) is 0. The molecule has 0 saturated heterocycles. The molecule has 0 saturated carbocycles. The van der Waals surface area contributed by atoms with E-state index in [4.69, 9.17) is 0 Å². The summed E-state index contributed by atoms with van der Waals surface area (Å²) in [5.41, 5.74) is 1.45. The molecule has 0 spiro atoms. The molecule has 2 rings (SSSR count). The maximum absolute atomic E-state index is 10.1. The van der Waals surface area contributed by atoms with Gasteiger partial charge in [0.2, 0.25) is 0 Å². The van der Waals surface area contributed by atoms with Gasteiger partial charge >= 0.3 is 0 Å². The van der Waals surface area contributed by atoms with Crippen LogP contribution in [0.25, 0.3) is 11.1 Å². The number of hydrogen-bond acceptors (Lipinski definition) is 2. The Morgan fingerprint density at radius 2 is 1.28 bits per heavy atom. The number of hydrogen-bond donors (Lipinski definition) is 2. The fraction of sp³-hybridized carbons (Fsp3) is 0. The van der Waals surface area contributed by atoms with Crippen LogP contribution in [0, 0.1) is 0 Å². The van der Waals surface area contributed by atoms with E-state index in [0.29, 0.717) is 10.0 Å². The molecule has 2 N–H and O–H groups in total. The molecular weight excluding hydrogens is 496 g/mol. The lowest BCUT2D eigenvalue weighted by Gasteiger charge is -2.10. The van der Waals surface area contributed by atoms with Gasteiger partial charge in [-0.1, -0.05) is 31.9 Å². The molecule has 0 fully saturated rings. The molecule has 0 amide bonds. The average Bonchev–Trinajstić information content (AvgIpc) is 2.30. The fourth-order valence-corrected chi connectivity index (χ4v) is 3.94. The highest BCUT2D eigenvalue weighted by Crippen LogP contribution is 2.45. The first-order valence-electron chi connectivity index (χ1n) is 4.76. The maximum Gasteiger partial charge on any atom is 0.147 e. The molecule has 2 nitrogen and oxygen atoms in total. The molecule has 0 aliphatic rings. The molecule has 0 heterocycles. The van der Waals surface area contributed by atoms with Gasteiger partial charge in [0.05, 0.1) is 4.47 Å². The SMILES string of the molecule is Oc1c(Br)cc(-c2cc(Br)cc(Br)c2)c(O)c1Br. The molecule has 18 heavy (non-hydrogen) atoms. The lowest BCUT2D eigenvalue weighted by Crippen LogP contribution is -1.84. The lowest BCUT2D eigenvalue weighted by molar-refractivity contribution is 0.443.